The van der Waals surface area contributed by atoms with Gasteiger partial charge in [0.25, 0.3) is 0 Å². The maximum absolute atomic E-state index is 12.4. The lowest BCUT2D eigenvalue weighted by Crippen LogP contribution is -2.47. The molecule has 1 N–H and O–H groups in total. The van der Waals surface area contributed by atoms with Gasteiger partial charge in [-0.2, -0.15) is 4.37 Å². The summed E-state index contributed by atoms with van der Waals surface area (Å²) >= 11 is 1.34. The Balaban J connectivity index is 2.30. The normalized spacial score (nSPS) is 26.1. The first-order valence-corrected chi connectivity index (χ1v) is 6.71. The van der Waals surface area contributed by atoms with Crippen molar-refractivity contribution in [3.8, 4) is 0 Å². The molecule has 0 aromatic carbocycles. The van der Waals surface area contributed by atoms with E-state index in [4.69, 9.17) is 0 Å². The van der Waals surface area contributed by atoms with E-state index in [0.29, 0.717) is 5.95 Å². The lowest BCUT2D eigenvalue weighted by atomic mass is 10.1. The van der Waals surface area contributed by atoms with Crippen LogP contribution in [0, 0.1) is 6.92 Å². The summed E-state index contributed by atoms with van der Waals surface area (Å²) in [6.07, 6.45) is 2.94. The predicted octanol–water partition coefficient (Wildman–Crippen LogP) is 1.34. The molecule has 1 aromatic rings. The summed E-state index contributed by atoms with van der Waals surface area (Å²) in [5.41, 5.74) is 0. The van der Waals surface area contributed by atoms with Crippen LogP contribution in [0.3, 0.4) is 0 Å². The van der Waals surface area contributed by atoms with Crippen molar-refractivity contribution < 1.29 is 4.79 Å². The molecule has 17 heavy (non-hydrogen) atoms. The first-order chi connectivity index (χ1) is 8.13. The van der Waals surface area contributed by atoms with Gasteiger partial charge in [-0.25, -0.2) is 4.98 Å². The van der Waals surface area contributed by atoms with Crippen molar-refractivity contribution in [3.63, 3.8) is 0 Å². The molecule has 1 aliphatic rings. The van der Waals surface area contributed by atoms with Crippen LogP contribution < -0.4 is 10.2 Å². The Morgan fingerprint density at radius 1 is 1.47 bits per heavy atom. The first kappa shape index (κ1) is 12.4. The Labute approximate surface area is 105 Å². The monoisotopic (exact) mass is 254 g/mol. The number of carbonyl (C=O) groups excluding carboxylic acids is 1. The van der Waals surface area contributed by atoms with Gasteiger partial charge >= 0.3 is 0 Å². The molecule has 0 spiro atoms. The van der Waals surface area contributed by atoms with Gasteiger partial charge in [-0.05, 0) is 51.7 Å². The molecular formula is C11H18N4OS. The molecule has 0 saturated carbocycles. The van der Waals surface area contributed by atoms with Crippen LogP contribution in [0.15, 0.2) is 0 Å². The molecule has 2 unspecified atom stereocenters. The molecule has 94 valence electrons. The van der Waals surface area contributed by atoms with Gasteiger partial charge in [-0.15, -0.1) is 0 Å². The summed E-state index contributed by atoms with van der Waals surface area (Å²) in [5, 5.41) is 3.97. The van der Waals surface area contributed by atoms with Gasteiger partial charge in [0, 0.05) is 6.04 Å². The highest BCUT2D eigenvalue weighted by molar-refractivity contribution is 7.05. The smallest absolute Gasteiger partial charge is 0.246 e. The van der Waals surface area contributed by atoms with E-state index < -0.39 is 0 Å². The third-order valence-electron chi connectivity index (χ3n) is 3.17. The fraction of sp³-hybridized carbons (Fsp3) is 0.727. The Morgan fingerprint density at radius 3 is 2.82 bits per heavy atom. The fourth-order valence-corrected chi connectivity index (χ4v) is 2.67. The number of likely N-dealkylation sites (N-methyl/N-ethyl adjacent to an activating group) is 1. The van der Waals surface area contributed by atoms with Gasteiger partial charge in [0.05, 0.1) is 6.04 Å². The second kappa shape index (κ2) is 5.10. The number of nitrogens with one attached hydrogen (secondary N) is 1. The van der Waals surface area contributed by atoms with Crippen molar-refractivity contribution in [3.05, 3.63) is 5.01 Å². The second-order valence-electron chi connectivity index (χ2n) is 4.44. The molecule has 1 aliphatic heterocycles. The average Bonchev–Trinajstić information content (AvgIpc) is 2.65. The van der Waals surface area contributed by atoms with Crippen molar-refractivity contribution in [2.24, 2.45) is 0 Å². The van der Waals surface area contributed by atoms with Crippen molar-refractivity contribution in [2.45, 2.75) is 45.2 Å². The van der Waals surface area contributed by atoms with Crippen LogP contribution in [0.4, 0.5) is 5.95 Å². The summed E-state index contributed by atoms with van der Waals surface area (Å²) in [4.78, 5) is 18.5. The van der Waals surface area contributed by atoms with E-state index in [1.807, 2.05) is 14.0 Å². The van der Waals surface area contributed by atoms with E-state index in [0.717, 1.165) is 24.3 Å². The van der Waals surface area contributed by atoms with Crippen molar-refractivity contribution >= 4 is 23.4 Å². The van der Waals surface area contributed by atoms with Gasteiger partial charge in [0.1, 0.15) is 5.01 Å². The lowest BCUT2D eigenvalue weighted by molar-refractivity contribution is -0.120. The number of amides is 1. The van der Waals surface area contributed by atoms with E-state index in [1.165, 1.54) is 11.5 Å². The van der Waals surface area contributed by atoms with E-state index in [2.05, 4.69) is 21.6 Å². The van der Waals surface area contributed by atoms with Crippen LogP contribution in [0.5, 0.6) is 0 Å². The van der Waals surface area contributed by atoms with Crippen molar-refractivity contribution in [2.75, 3.05) is 11.9 Å². The highest BCUT2D eigenvalue weighted by atomic mass is 32.1. The Bertz CT molecular complexity index is 406. The SMILES string of the molecule is CNC1CCCC(C)N(c2nsc(C)n2)C1=O. The fourth-order valence-electron chi connectivity index (χ4n) is 2.20. The Kier molecular flexibility index (Phi) is 3.73. The number of aryl methyl sites for hydroxylation is 1. The predicted molar refractivity (Wildman–Crippen MR) is 68.3 cm³/mol. The third-order valence-corrected chi connectivity index (χ3v) is 3.78. The molecule has 2 atom stereocenters. The van der Waals surface area contributed by atoms with Crippen LogP contribution >= 0.6 is 11.5 Å². The number of hydrogen-bond acceptors (Lipinski definition) is 5. The zero-order valence-corrected chi connectivity index (χ0v) is 11.3. The van der Waals surface area contributed by atoms with Crippen LogP contribution in [0.25, 0.3) is 0 Å². The highest BCUT2D eigenvalue weighted by Gasteiger charge is 2.32. The highest BCUT2D eigenvalue weighted by Crippen LogP contribution is 2.23. The summed E-state index contributed by atoms with van der Waals surface area (Å²) in [6, 6.07) is 0.0682. The van der Waals surface area contributed by atoms with Gasteiger partial charge in [0.2, 0.25) is 11.9 Å². The molecule has 0 aliphatic carbocycles. The van der Waals surface area contributed by atoms with E-state index >= 15 is 0 Å². The molecule has 6 heteroatoms. The third kappa shape index (κ3) is 2.47. The maximum Gasteiger partial charge on any atom is 0.246 e. The number of nitrogens with zero attached hydrogens (tertiary/aromatic N) is 3. The zero-order valence-electron chi connectivity index (χ0n) is 10.4. The molecule has 2 rings (SSSR count). The quantitative estimate of drug-likeness (QED) is 0.865. The molecule has 0 bridgehead atoms. The van der Waals surface area contributed by atoms with Gasteiger partial charge in [-0.1, -0.05) is 0 Å². The topological polar surface area (TPSA) is 58.1 Å². The van der Waals surface area contributed by atoms with Gasteiger partial charge < -0.3 is 5.32 Å². The van der Waals surface area contributed by atoms with Crippen LogP contribution in [0.2, 0.25) is 0 Å². The lowest BCUT2D eigenvalue weighted by Gasteiger charge is -2.26. The average molecular weight is 254 g/mol. The number of aromatic nitrogens is 2. The number of rotatable bonds is 2. The van der Waals surface area contributed by atoms with Crippen molar-refractivity contribution in [1.29, 1.82) is 0 Å². The summed E-state index contributed by atoms with van der Waals surface area (Å²) in [7, 11) is 1.83. The van der Waals surface area contributed by atoms with Crippen LogP contribution in [-0.4, -0.2) is 34.4 Å². The minimum Gasteiger partial charge on any atom is -0.309 e. The molecule has 1 amide bonds. The van der Waals surface area contributed by atoms with E-state index in [9.17, 15) is 4.79 Å². The van der Waals surface area contributed by atoms with Crippen LogP contribution in [-0.2, 0) is 4.79 Å². The Morgan fingerprint density at radius 2 is 2.24 bits per heavy atom. The zero-order chi connectivity index (χ0) is 12.4. The molecule has 1 fully saturated rings. The van der Waals surface area contributed by atoms with Gasteiger partial charge in [-0.3, -0.25) is 9.69 Å². The number of carbonyl (C=O) groups is 1. The number of hydrogen-bond donors (Lipinski definition) is 1. The summed E-state index contributed by atoms with van der Waals surface area (Å²) in [6.45, 7) is 3.97. The second-order valence-corrected chi connectivity index (χ2v) is 5.40. The first-order valence-electron chi connectivity index (χ1n) is 5.94. The minimum atomic E-state index is -0.108. The molecular weight excluding hydrogens is 236 g/mol. The molecule has 5 nitrogen and oxygen atoms in total. The summed E-state index contributed by atoms with van der Waals surface area (Å²) in [5.74, 6) is 0.655. The van der Waals surface area contributed by atoms with E-state index in [-0.39, 0.29) is 18.0 Å². The summed E-state index contributed by atoms with van der Waals surface area (Å²) < 4.78 is 4.26. The minimum absolute atomic E-state index is 0.0929. The van der Waals surface area contributed by atoms with Gasteiger partial charge in [0.15, 0.2) is 0 Å². The molecule has 1 aromatic heterocycles. The Hall–Kier alpha value is -1.01. The van der Waals surface area contributed by atoms with E-state index in [1.54, 1.807) is 4.90 Å². The molecule has 0 radical (unpaired) electrons. The van der Waals surface area contributed by atoms with Crippen molar-refractivity contribution in [1.82, 2.24) is 14.7 Å². The standard InChI is InChI=1S/C11H18N4OS/c1-7-5-4-6-9(12-3)10(16)15(7)11-13-8(2)17-14-11/h7,9,12H,4-6H2,1-3H3. The molecule has 1 saturated heterocycles. The van der Waals surface area contributed by atoms with Crippen LogP contribution in [0.1, 0.15) is 31.2 Å². The molecule has 2 heterocycles. The number of anilines is 1. The largest absolute Gasteiger partial charge is 0.309 e. The maximum atomic E-state index is 12.4.